The monoisotopic (exact) mass is 489 g/mol. The number of fused-ring (bicyclic) bond motifs is 1. The Kier molecular flexibility index (Phi) is 6.69. The first-order chi connectivity index (χ1) is 15.3. The van der Waals surface area contributed by atoms with Gasteiger partial charge in [-0.3, -0.25) is 14.5 Å². The third-order valence-corrected chi connectivity index (χ3v) is 6.27. The Bertz CT molecular complexity index is 1160. The van der Waals surface area contributed by atoms with E-state index in [1.807, 2.05) is 23.6 Å². The van der Waals surface area contributed by atoms with Crippen LogP contribution in [0.4, 0.5) is 11.4 Å². The lowest BCUT2D eigenvalue weighted by Gasteiger charge is -2.32. The summed E-state index contributed by atoms with van der Waals surface area (Å²) in [6, 6.07) is 10.3. The fourth-order valence-electron chi connectivity index (χ4n) is 3.47. The Morgan fingerprint density at radius 3 is 2.69 bits per heavy atom. The number of ether oxygens (including phenoxy) is 1. The van der Waals surface area contributed by atoms with Crippen LogP contribution < -0.4 is 15.0 Å². The average Bonchev–Trinajstić information content (AvgIpc) is 3.19. The van der Waals surface area contributed by atoms with E-state index >= 15 is 0 Å². The highest BCUT2D eigenvalue weighted by Crippen LogP contribution is 2.38. The van der Waals surface area contributed by atoms with E-state index in [4.69, 9.17) is 27.9 Å². The van der Waals surface area contributed by atoms with E-state index in [1.165, 1.54) is 4.90 Å². The van der Waals surface area contributed by atoms with Gasteiger partial charge in [0, 0.05) is 26.7 Å². The number of carbonyl (C=O) groups excluding carboxylic acids is 2. The van der Waals surface area contributed by atoms with E-state index in [0.29, 0.717) is 27.2 Å². The maximum Gasteiger partial charge on any atom is 0.268 e. The Morgan fingerprint density at radius 1 is 1.22 bits per heavy atom. The number of hydrogen-bond acceptors (Lipinski definition) is 5. The van der Waals surface area contributed by atoms with Crippen LogP contribution >= 0.6 is 34.5 Å². The van der Waals surface area contributed by atoms with Crippen LogP contribution in [0.15, 0.2) is 41.8 Å². The van der Waals surface area contributed by atoms with Gasteiger partial charge in [0.05, 0.1) is 16.4 Å². The Balaban J connectivity index is 1.60. The van der Waals surface area contributed by atoms with E-state index in [-0.39, 0.29) is 18.4 Å². The molecule has 1 aromatic heterocycles. The first-order valence-corrected chi connectivity index (χ1v) is 11.8. The number of carbonyl (C=O) groups is 2. The molecule has 0 spiro atoms. The minimum atomic E-state index is -0.697. The van der Waals surface area contributed by atoms with Crippen LogP contribution in [-0.2, 0) is 16.0 Å². The number of nitrogens with one attached hydrogen (secondary N) is 1. The van der Waals surface area contributed by atoms with Gasteiger partial charge in [-0.15, -0.1) is 11.3 Å². The highest BCUT2D eigenvalue weighted by atomic mass is 35.5. The first-order valence-electron chi connectivity index (χ1n) is 10.2. The molecule has 0 aliphatic carbocycles. The van der Waals surface area contributed by atoms with Gasteiger partial charge >= 0.3 is 0 Å². The van der Waals surface area contributed by atoms with Gasteiger partial charge < -0.3 is 10.1 Å². The predicted octanol–water partition coefficient (Wildman–Crippen LogP) is 5.82. The highest BCUT2D eigenvalue weighted by Gasteiger charge is 2.33. The number of amides is 2. The number of aryl methyl sites for hydroxylation is 1. The molecule has 6 nitrogen and oxygen atoms in total. The lowest BCUT2D eigenvalue weighted by Crippen LogP contribution is -2.47. The number of thiazole rings is 1. The summed E-state index contributed by atoms with van der Waals surface area (Å²) in [7, 11) is 0. The molecule has 0 saturated heterocycles. The zero-order chi connectivity index (χ0) is 22.8. The quantitative estimate of drug-likeness (QED) is 0.473. The largest absolute Gasteiger partial charge is 0.479 e. The van der Waals surface area contributed by atoms with Gasteiger partial charge in [-0.25, -0.2) is 4.98 Å². The summed E-state index contributed by atoms with van der Waals surface area (Å²) >= 11 is 13.6. The summed E-state index contributed by atoms with van der Waals surface area (Å²) < 4.78 is 5.76. The second-order valence-electron chi connectivity index (χ2n) is 7.45. The molecule has 1 N–H and O–H groups in total. The van der Waals surface area contributed by atoms with Crippen LogP contribution in [0.1, 0.15) is 25.3 Å². The number of nitrogens with zero attached hydrogens (tertiary/aromatic N) is 2. The van der Waals surface area contributed by atoms with E-state index in [9.17, 15) is 9.59 Å². The average molecular weight is 490 g/mol. The molecule has 0 fully saturated rings. The van der Waals surface area contributed by atoms with Crippen LogP contribution in [-0.4, -0.2) is 29.4 Å². The fraction of sp³-hybridized carbons (Fsp3) is 0.261. The molecule has 3 aromatic rings. The van der Waals surface area contributed by atoms with E-state index in [1.54, 1.807) is 36.5 Å². The molecule has 0 bridgehead atoms. The lowest BCUT2D eigenvalue weighted by atomic mass is 10.1. The van der Waals surface area contributed by atoms with E-state index in [0.717, 1.165) is 29.1 Å². The molecule has 2 aromatic carbocycles. The SMILES string of the molecule is CCCc1nc(-c2ccc3c(c2)N(CC(=O)Nc2cc(Cl)cc(Cl)c2)C(=O)C(C)O3)cs1. The smallest absolute Gasteiger partial charge is 0.268 e. The molecule has 32 heavy (non-hydrogen) atoms. The predicted molar refractivity (Wildman–Crippen MR) is 129 cm³/mol. The summed E-state index contributed by atoms with van der Waals surface area (Å²) in [5.41, 5.74) is 2.70. The van der Waals surface area contributed by atoms with Crippen molar-refractivity contribution in [1.82, 2.24) is 4.98 Å². The molecule has 9 heteroatoms. The van der Waals surface area contributed by atoms with Gasteiger partial charge in [0.15, 0.2) is 6.10 Å². The van der Waals surface area contributed by atoms with Crippen LogP contribution in [0.25, 0.3) is 11.3 Å². The minimum absolute atomic E-state index is 0.175. The van der Waals surface area contributed by atoms with Gasteiger partial charge in [0.1, 0.15) is 12.3 Å². The van der Waals surface area contributed by atoms with Crippen molar-refractivity contribution in [3.63, 3.8) is 0 Å². The summed E-state index contributed by atoms with van der Waals surface area (Å²) in [5, 5.41) is 6.63. The van der Waals surface area contributed by atoms with E-state index < -0.39 is 6.10 Å². The number of hydrogen-bond donors (Lipinski definition) is 1. The van der Waals surface area contributed by atoms with Gasteiger partial charge in [-0.2, -0.15) is 0 Å². The summed E-state index contributed by atoms with van der Waals surface area (Å²) in [6.45, 7) is 3.61. The number of halogens is 2. The van der Waals surface area contributed by atoms with Crippen molar-refractivity contribution in [2.75, 3.05) is 16.8 Å². The van der Waals surface area contributed by atoms with E-state index in [2.05, 4.69) is 17.2 Å². The third kappa shape index (κ3) is 4.90. The number of anilines is 2. The standard InChI is InChI=1S/C23H21Cl2N3O3S/c1-3-4-22-27-18(12-32-22)14-5-6-20-19(7-14)28(23(30)13(2)31-20)11-21(29)26-17-9-15(24)8-16(25)10-17/h5-10,12-13H,3-4,11H2,1-2H3,(H,26,29). The van der Waals surface area contributed by atoms with Crippen molar-refractivity contribution in [1.29, 1.82) is 0 Å². The lowest BCUT2D eigenvalue weighted by molar-refractivity contribution is -0.127. The van der Waals surface area contributed by atoms with Crippen LogP contribution in [0.3, 0.4) is 0 Å². The normalized spacial score (nSPS) is 15.3. The van der Waals surface area contributed by atoms with Gasteiger partial charge in [0.25, 0.3) is 5.91 Å². The molecule has 2 heterocycles. The zero-order valence-corrected chi connectivity index (χ0v) is 19.9. The van der Waals surface area contributed by atoms with Crippen molar-refractivity contribution >= 4 is 57.7 Å². The Hall–Kier alpha value is -2.61. The van der Waals surface area contributed by atoms with Crippen molar-refractivity contribution in [2.24, 2.45) is 0 Å². The van der Waals surface area contributed by atoms with Gasteiger partial charge in [0.2, 0.25) is 5.91 Å². The second kappa shape index (κ2) is 9.48. The maximum absolute atomic E-state index is 12.9. The molecule has 1 aliphatic rings. The third-order valence-electron chi connectivity index (χ3n) is 4.93. The number of benzene rings is 2. The number of aromatic nitrogens is 1. The summed E-state index contributed by atoms with van der Waals surface area (Å²) in [6.07, 6.45) is 1.25. The highest BCUT2D eigenvalue weighted by molar-refractivity contribution is 7.09. The fourth-order valence-corrected chi connectivity index (χ4v) is 4.91. The Morgan fingerprint density at radius 2 is 1.97 bits per heavy atom. The maximum atomic E-state index is 12.9. The molecule has 0 saturated carbocycles. The van der Waals surface area contributed by atoms with Crippen LogP contribution in [0.2, 0.25) is 10.0 Å². The van der Waals surface area contributed by atoms with Crippen molar-refractivity contribution in [2.45, 2.75) is 32.8 Å². The van der Waals surface area contributed by atoms with Crippen molar-refractivity contribution in [3.8, 4) is 17.0 Å². The van der Waals surface area contributed by atoms with Crippen LogP contribution in [0, 0.1) is 0 Å². The number of rotatable bonds is 6. The van der Waals surface area contributed by atoms with Gasteiger partial charge in [-0.1, -0.05) is 30.1 Å². The zero-order valence-electron chi connectivity index (χ0n) is 17.5. The topological polar surface area (TPSA) is 71.5 Å². The van der Waals surface area contributed by atoms with Crippen molar-refractivity contribution in [3.05, 3.63) is 56.8 Å². The molecule has 1 unspecified atom stereocenters. The molecule has 0 radical (unpaired) electrons. The Labute approximate surface area is 200 Å². The minimum Gasteiger partial charge on any atom is -0.479 e. The molecule has 1 aliphatic heterocycles. The first kappa shape index (κ1) is 22.6. The summed E-state index contributed by atoms with van der Waals surface area (Å²) in [5.74, 6) is -0.122. The molecule has 1 atom stereocenters. The molecule has 2 amide bonds. The molecule has 166 valence electrons. The molecular weight excluding hydrogens is 469 g/mol. The molecular formula is C23H21Cl2N3O3S. The summed E-state index contributed by atoms with van der Waals surface area (Å²) in [4.78, 5) is 31.8. The second-order valence-corrected chi connectivity index (χ2v) is 9.27. The van der Waals surface area contributed by atoms with Gasteiger partial charge in [-0.05, 0) is 56.2 Å². The van der Waals surface area contributed by atoms with Crippen LogP contribution in [0.5, 0.6) is 5.75 Å². The molecule has 4 rings (SSSR count). The van der Waals surface area contributed by atoms with Crippen molar-refractivity contribution < 1.29 is 14.3 Å².